The number of aromatic nitrogens is 1. The molecule has 1 aromatic heterocycles. The number of piperidine rings is 1. The largest absolute Gasteiger partial charge is 0.461 e. The number of rotatable bonds is 6. The maximum Gasteiger partial charge on any atom is 0.410 e. The summed E-state index contributed by atoms with van der Waals surface area (Å²) in [6.45, 7) is 22.4. The van der Waals surface area contributed by atoms with Gasteiger partial charge in [0.1, 0.15) is 5.60 Å². The summed E-state index contributed by atoms with van der Waals surface area (Å²) in [5.41, 5.74) is 7.37. The summed E-state index contributed by atoms with van der Waals surface area (Å²) in [5.74, 6) is -0.382. The Morgan fingerprint density at radius 2 is 1.53 bits per heavy atom. The van der Waals surface area contributed by atoms with E-state index in [9.17, 15) is 9.59 Å². The maximum absolute atomic E-state index is 13.9. The van der Waals surface area contributed by atoms with E-state index in [2.05, 4.69) is 30.0 Å². The summed E-state index contributed by atoms with van der Waals surface area (Å²) in [5, 5.41) is 0. The van der Waals surface area contributed by atoms with Crippen LogP contribution < -0.4 is 4.90 Å². The van der Waals surface area contributed by atoms with E-state index in [1.54, 1.807) is 4.90 Å². The number of pyridine rings is 1. The van der Waals surface area contributed by atoms with Gasteiger partial charge in [-0.1, -0.05) is 31.0 Å². The summed E-state index contributed by atoms with van der Waals surface area (Å²) in [6, 6.07) is 6.56. The molecule has 47 heavy (non-hydrogen) atoms. The van der Waals surface area contributed by atoms with Gasteiger partial charge in [0.05, 0.1) is 17.4 Å². The van der Waals surface area contributed by atoms with Crippen molar-refractivity contribution >= 4 is 17.7 Å². The van der Waals surface area contributed by atoms with Crippen LogP contribution in [0.4, 0.5) is 10.5 Å². The molecule has 1 saturated heterocycles. The zero-order chi connectivity index (χ0) is 34.3. The van der Waals surface area contributed by atoms with Crippen LogP contribution in [0.3, 0.4) is 0 Å². The number of ether oxygens (including phenoxy) is 3. The van der Waals surface area contributed by atoms with E-state index in [4.69, 9.17) is 19.2 Å². The van der Waals surface area contributed by atoms with Crippen molar-refractivity contribution in [1.29, 1.82) is 0 Å². The van der Waals surface area contributed by atoms with E-state index in [0.29, 0.717) is 18.5 Å². The average Bonchev–Trinajstić information content (AvgIpc) is 3.41. The van der Waals surface area contributed by atoms with Crippen LogP contribution in [0.15, 0.2) is 18.2 Å². The number of benzene rings is 1. The van der Waals surface area contributed by atoms with Crippen molar-refractivity contribution in [3.8, 4) is 11.1 Å². The van der Waals surface area contributed by atoms with Gasteiger partial charge in [-0.25, -0.2) is 9.59 Å². The first-order valence-electron chi connectivity index (χ1n) is 17.7. The molecule has 2 aliphatic heterocycles. The Morgan fingerprint density at radius 1 is 0.872 bits per heavy atom. The van der Waals surface area contributed by atoms with Gasteiger partial charge >= 0.3 is 12.1 Å². The zero-order valence-electron chi connectivity index (χ0n) is 30.5. The Morgan fingerprint density at radius 3 is 2.13 bits per heavy atom. The fraction of sp³-hybridized carbons (Fsp3) is 0.667. The smallest absolute Gasteiger partial charge is 0.410 e. The van der Waals surface area contributed by atoms with Crippen LogP contribution in [-0.2, 0) is 32.0 Å². The van der Waals surface area contributed by atoms with E-state index < -0.39 is 17.3 Å². The number of esters is 1. The van der Waals surface area contributed by atoms with Crippen LogP contribution in [0.2, 0.25) is 0 Å². The number of hydrogen-bond donors (Lipinski definition) is 0. The molecule has 2 aromatic rings. The van der Waals surface area contributed by atoms with E-state index in [-0.39, 0.29) is 18.2 Å². The van der Waals surface area contributed by atoms with Gasteiger partial charge in [-0.3, -0.25) is 4.98 Å². The number of fused-ring (bicyclic) bond motifs is 1. The minimum absolute atomic E-state index is 0.270. The highest BCUT2D eigenvalue weighted by atomic mass is 16.6. The summed E-state index contributed by atoms with van der Waals surface area (Å²) >= 11 is 0. The fourth-order valence-electron chi connectivity index (χ4n) is 7.73. The molecule has 0 radical (unpaired) electrons. The van der Waals surface area contributed by atoms with E-state index in [1.165, 1.54) is 31.2 Å². The Hall–Kier alpha value is -3.13. The molecule has 1 aliphatic carbocycles. The van der Waals surface area contributed by atoms with E-state index >= 15 is 0 Å². The predicted octanol–water partition coefficient (Wildman–Crippen LogP) is 8.63. The van der Waals surface area contributed by atoms with Gasteiger partial charge < -0.3 is 24.0 Å². The van der Waals surface area contributed by atoms with Crippen molar-refractivity contribution in [2.45, 2.75) is 144 Å². The summed E-state index contributed by atoms with van der Waals surface area (Å²) in [7, 11) is 0. The third kappa shape index (κ3) is 8.13. The minimum atomic E-state index is -0.915. The van der Waals surface area contributed by atoms with E-state index in [0.717, 1.165) is 71.7 Å². The molecule has 0 bridgehead atoms. The topological polar surface area (TPSA) is 81.2 Å². The molecule has 1 atom stereocenters. The quantitative estimate of drug-likeness (QED) is 0.290. The summed E-state index contributed by atoms with van der Waals surface area (Å²) in [4.78, 5) is 36.1. The number of nitrogens with zero attached hydrogens (tertiary/aromatic N) is 3. The molecule has 5 rings (SSSR count). The second kappa shape index (κ2) is 13.4. The molecule has 1 saturated carbocycles. The number of anilines is 1. The molecule has 8 heteroatoms. The molecule has 3 aliphatic rings. The Balaban J connectivity index is 1.61. The maximum atomic E-state index is 13.9. The Labute approximate surface area is 282 Å². The van der Waals surface area contributed by atoms with Gasteiger partial charge in [-0.15, -0.1) is 0 Å². The van der Waals surface area contributed by atoms with Crippen LogP contribution in [-0.4, -0.2) is 58.9 Å². The molecule has 1 aromatic carbocycles. The van der Waals surface area contributed by atoms with Gasteiger partial charge in [-0.2, -0.15) is 0 Å². The van der Waals surface area contributed by atoms with Gasteiger partial charge in [-0.05, 0) is 123 Å². The number of carbonyl (C=O) groups is 2. The second-order valence-electron chi connectivity index (χ2n) is 16.3. The lowest BCUT2D eigenvalue weighted by atomic mass is 9.76. The lowest BCUT2D eigenvalue weighted by Gasteiger charge is -2.43. The third-order valence-electron chi connectivity index (χ3n) is 9.84. The van der Waals surface area contributed by atoms with Crippen molar-refractivity contribution in [2.24, 2.45) is 5.41 Å². The molecule has 1 unspecified atom stereocenters. The third-order valence-corrected chi connectivity index (χ3v) is 9.84. The molecule has 1 spiro atoms. The van der Waals surface area contributed by atoms with Gasteiger partial charge in [0.2, 0.25) is 0 Å². The standard InChI is InChI=1S/C39H57N3O5/c1-25(2)45-35(43)34(46-37(5,6)7)32-27(4)40-26(3)31(33(32)41-21-18-39(19-22-41)16-11-12-17-39)29-13-14-30-24-42(20-15-28(30)23-29)36(44)47-38(8,9)10/h13-14,23,25,34H,11-12,15-22,24H2,1-10H3. The molecule has 1 amide bonds. The number of aryl methyl sites for hydroxylation is 2. The summed E-state index contributed by atoms with van der Waals surface area (Å²) in [6.07, 6.45) is 6.87. The van der Waals surface area contributed by atoms with Crippen LogP contribution in [0.25, 0.3) is 11.1 Å². The molecule has 2 fully saturated rings. The van der Waals surface area contributed by atoms with Crippen LogP contribution in [0.1, 0.15) is 128 Å². The zero-order valence-corrected chi connectivity index (χ0v) is 30.5. The summed E-state index contributed by atoms with van der Waals surface area (Å²) < 4.78 is 18.1. The fourth-order valence-corrected chi connectivity index (χ4v) is 7.73. The molecule has 8 nitrogen and oxygen atoms in total. The first-order chi connectivity index (χ1) is 22.0. The van der Waals surface area contributed by atoms with Gasteiger partial charge in [0.25, 0.3) is 0 Å². The first-order valence-corrected chi connectivity index (χ1v) is 17.7. The average molecular weight is 648 g/mol. The molecule has 0 N–H and O–H groups in total. The Kier molecular flexibility index (Phi) is 10.0. The highest BCUT2D eigenvalue weighted by Crippen LogP contribution is 2.50. The SMILES string of the molecule is Cc1nc(C)c(C(OC(C)(C)C)C(=O)OC(C)C)c(N2CCC3(CCCC3)CC2)c1-c1ccc2c(c1)CCN(C(=O)OC(C)(C)C)C2. The van der Waals surface area contributed by atoms with Crippen molar-refractivity contribution in [3.63, 3.8) is 0 Å². The second-order valence-corrected chi connectivity index (χ2v) is 16.3. The highest BCUT2D eigenvalue weighted by molar-refractivity contribution is 5.88. The predicted molar refractivity (Wildman–Crippen MR) is 187 cm³/mol. The monoisotopic (exact) mass is 647 g/mol. The van der Waals surface area contributed by atoms with Crippen LogP contribution >= 0.6 is 0 Å². The number of hydrogen-bond acceptors (Lipinski definition) is 7. The lowest BCUT2D eigenvalue weighted by Crippen LogP contribution is -2.41. The molecular weight excluding hydrogens is 590 g/mol. The van der Waals surface area contributed by atoms with Gasteiger partial charge in [0, 0.05) is 48.7 Å². The first kappa shape index (κ1) is 35.2. The van der Waals surface area contributed by atoms with E-state index in [1.807, 2.05) is 62.3 Å². The molecule has 3 heterocycles. The normalized spacial score (nSPS) is 18.8. The van der Waals surface area contributed by atoms with Crippen molar-refractivity contribution in [1.82, 2.24) is 9.88 Å². The molecular formula is C39H57N3O5. The van der Waals surface area contributed by atoms with Gasteiger partial charge in [0.15, 0.2) is 6.10 Å². The highest BCUT2D eigenvalue weighted by Gasteiger charge is 2.41. The van der Waals surface area contributed by atoms with Crippen molar-refractivity contribution in [2.75, 3.05) is 24.5 Å². The van der Waals surface area contributed by atoms with Crippen molar-refractivity contribution in [3.05, 3.63) is 46.3 Å². The van der Waals surface area contributed by atoms with Crippen LogP contribution in [0, 0.1) is 19.3 Å². The van der Waals surface area contributed by atoms with Crippen molar-refractivity contribution < 1.29 is 23.8 Å². The van der Waals surface area contributed by atoms with Crippen LogP contribution in [0.5, 0.6) is 0 Å². The lowest BCUT2D eigenvalue weighted by molar-refractivity contribution is -0.171. The number of amides is 1. The minimum Gasteiger partial charge on any atom is -0.461 e. The number of carbonyl (C=O) groups excluding carboxylic acids is 2. The molecule has 258 valence electrons. The Bertz CT molecular complexity index is 1470.